The van der Waals surface area contributed by atoms with Gasteiger partial charge in [-0.3, -0.25) is 4.79 Å². The number of rotatable bonds is 2. The minimum atomic E-state index is -2.76. The third kappa shape index (κ3) is 1.96. The van der Waals surface area contributed by atoms with E-state index in [4.69, 9.17) is 10.2 Å². The summed E-state index contributed by atoms with van der Waals surface area (Å²) >= 11 is 0. The van der Waals surface area contributed by atoms with Gasteiger partial charge >= 0.3 is 5.97 Å². The Balaban J connectivity index is 2.69. The van der Waals surface area contributed by atoms with E-state index in [9.17, 15) is 13.6 Å². The molecule has 0 radical (unpaired) electrons. The maximum absolute atomic E-state index is 12.7. The van der Waals surface area contributed by atoms with Crippen LogP contribution in [-0.4, -0.2) is 28.7 Å². The van der Waals surface area contributed by atoms with Crippen molar-refractivity contribution in [2.24, 2.45) is 5.41 Å². The average Bonchev–Trinajstić information content (AvgIpc) is 2.05. The first-order valence-electron chi connectivity index (χ1n) is 4.14. The Hall–Kier alpha value is -0.710. The summed E-state index contributed by atoms with van der Waals surface area (Å²) in [6.07, 6.45) is -1.18. The van der Waals surface area contributed by atoms with Gasteiger partial charge in [0.2, 0.25) is 5.92 Å². The van der Waals surface area contributed by atoms with Crippen molar-refractivity contribution in [2.45, 2.75) is 31.6 Å². The predicted molar refractivity (Wildman–Crippen MR) is 40.6 cm³/mol. The summed E-state index contributed by atoms with van der Waals surface area (Å²) in [5.74, 6) is -3.93. The Kier molecular flexibility index (Phi) is 2.56. The maximum Gasteiger partial charge on any atom is 0.311 e. The molecule has 1 aliphatic carbocycles. The number of hydrogen-bond donors (Lipinski definition) is 2. The average molecular weight is 194 g/mol. The highest BCUT2D eigenvalue weighted by atomic mass is 19.3. The fourth-order valence-corrected chi connectivity index (χ4v) is 1.53. The summed E-state index contributed by atoms with van der Waals surface area (Å²) in [6, 6.07) is 0. The number of halogens is 2. The molecule has 5 heteroatoms. The van der Waals surface area contributed by atoms with Crippen LogP contribution in [0.5, 0.6) is 0 Å². The van der Waals surface area contributed by atoms with Gasteiger partial charge in [0, 0.05) is 12.8 Å². The van der Waals surface area contributed by atoms with E-state index in [0.717, 1.165) is 0 Å². The summed E-state index contributed by atoms with van der Waals surface area (Å²) < 4.78 is 25.3. The number of carboxylic acid groups (broad SMARTS) is 1. The summed E-state index contributed by atoms with van der Waals surface area (Å²) in [5.41, 5.74) is -1.33. The molecule has 0 aliphatic heterocycles. The Labute approximate surface area is 74.4 Å². The second-order valence-corrected chi connectivity index (χ2v) is 3.60. The highest BCUT2D eigenvalue weighted by molar-refractivity contribution is 5.74. The standard InChI is InChI=1S/C8H12F2O3/c9-8(10)3-1-7(5-11,2-4-8)6(12)13/h11H,1-5H2,(H,12,13). The van der Waals surface area contributed by atoms with Crippen LogP contribution in [0.15, 0.2) is 0 Å². The molecule has 0 bridgehead atoms. The van der Waals surface area contributed by atoms with Crippen molar-refractivity contribution in [1.82, 2.24) is 0 Å². The zero-order chi connectivity index (χ0) is 10.1. The molecule has 76 valence electrons. The molecule has 0 amide bonds. The lowest BCUT2D eigenvalue weighted by molar-refractivity contribution is -0.160. The van der Waals surface area contributed by atoms with Gasteiger partial charge in [0.05, 0.1) is 12.0 Å². The van der Waals surface area contributed by atoms with E-state index in [1.54, 1.807) is 0 Å². The Bertz CT molecular complexity index is 205. The molecule has 0 saturated heterocycles. The fraction of sp³-hybridized carbons (Fsp3) is 0.875. The van der Waals surface area contributed by atoms with Gasteiger partial charge in [-0.15, -0.1) is 0 Å². The van der Waals surface area contributed by atoms with Crippen LogP contribution in [0, 0.1) is 5.41 Å². The van der Waals surface area contributed by atoms with E-state index in [1.165, 1.54) is 0 Å². The molecule has 0 heterocycles. The summed E-state index contributed by atoms with van der Waals surface area (Å²) in [4.78, 5) is 10.7. The lowest BCUT2D eigenvalue weighted by Crippen LogP contribution is -2.41. The number of alkyl halides is 2. The van der Waals surface area contributed by atoms with E-state index in [-0.39, 0.29) is 12.8 Å². The third-order valence-corrected chi connectivity index (χ3v) is 2.69. The van der Waals surface area contributed by atoms with Crippen LogP contribution in [0.25, 0.3) is 0 Å². The first-order valence-corrected chi connectivity index (χ1v) is 4.14. The predicted octanol–water partition coefficient (Wildman–Crippen LogP) is 1.26. The SMILES string of the molecule is O=C(O)C1(CO)CCC(F)(F)CC1. The molecule has 1 aliphatic rings. The number of carbonyl (C=O) groups is 1. The zero-order valence-corrected chi connectivity index (χ0v) is 7.09. The molecule has 0 atom stereocenters. The van der Waals surface area contributed by atoms with Crippen LogP contribution in [-0.2, 0) is 4.79 Å². The second-order valence-electron chi connectivity index (χ2n) is 3.60. The van der Waals surface area contributed by atoms with Crippen LogP contribution < -0.4 is 0 Å². The van der Waals surface area contributed by atoms with E-state index in [0.29, 0.717) is 0 Å². The van der Waals surface area contributed by atoms with Gasteiger partial charge < -0.3 is 10.2 Å². The lowest BCUT2D eigenvalue weighted by atomic mass is 9.73. The Morgan fingerprint density at radius 3 is 2.00 bits per heavy atom. The number of carboxylic acids is 1. The molecular formula is C8H12F2O3. The molecule has 3 nitrogen and oxygen atoms in total. The number of aliphatic carboxylic acids is 1. The molecule has 1 fully saturated rings. The van der Waals surface area contributed by atoms with Crippen molar-refractivity contribution in [3.63, 3.8) is 0 Å². The molecule has 0 spiro atoms. The van der Waals surface area contributed by atoms with Crippen molar-refractivity contribution in [1.29, 1.82) is 0 Å². The van der Waals surface area contributed by atoms with Crippen molar-refractivity contribution >= 4 is 5.97 Å². The van der Waals surface area contributed by atoms with E-state index < -0.39 is 36.8 Å². The molecule has 0 aromatic rings. The minimum absolute atomic E-state index is 0.147. The van der Waals surface area contributed by atoms with Crippen molar-refractivity contribution < 1.29 is 23.8 Å². The third-order valence-electron chi connectivity index (χ3n) is 2.69. The highest BCUT2D eigenvalue weighted by Crippen LogP contribution is 2.43. The minimum Gasteiger partial charge on any atom is -0.481 e. The Morgan fingerprint density at radius 1 is 1.23 bits per heavy atom. The molecule has 0 aromatic carbocycles. The Morgan fingerprint density at radius 2 is 1.69 bits per heavy atom. The van der Waals surface area contributed by atoms with Crippen molar-refractivity contribution in [3.8, 4) is 0 Å². The van der Waals surface area contributed by atoms with E-state index in [2.05, 4.69) is 0 Å². The quantitative estimate of drug-likeness (QED) is 0.695. The molecule has 1 saturated carbocycles. The van der Waals surface area contributed by atoms with Gasteiger partial charge in [-0.1, -0.05) is 0 Å². The number of hydrogen-bond acceptors (Lipinski definition) is 2. The number of aliphatic hydroxyl groups excluding tert-OH is 1. The van der Waals surface area contributed by atoms with Crippen LogP contribution in [0.4, 0.5) is 8.78 Å². The smallest absolute Gasteiger partial charge is 0.311 e. The van der Waals surface area contributed by atoms with E-state index >= 15 is 0 Å². The first kappa shape index (κ1) is 10.4. The van der Waals surface area contributed by atoms with Crippen LogP contribution in [0.1, 0.15) is 25.7 Å². The lowest BCUT2D eigenvalue weighted by Gasteiger charge is -2.35. The molecule has 13 heavy (non-hydrogen) atoms. The largest absolute Gasteiger partial charge is 0.481 e. The topological polar surface area (TPSA) is 57.5 Å². The van der Waals surface area contributed by atoms with Gasteiger partial charge in [0.15, 0.2) is 0 Å². The van der Waals surface area contributed by atoms with Gasteiger partial charge in [-0.25, -0.2) is 8.78 Å². The monoisotopic (exact) mass is 194 g/mol. The van der Waals surface area contributed by atoms with Crippen molar-refractivity contribution in [2.75, 3.05) is 6.61 Å². The second kappa shape index (κ2) is 3.21. The van der Waals surface area contributed by atoms with Gasteiger partial charge in [0.25, 0.3) is 0 Å². The van der Waals surface area contributed by atoms with Crippen LogP contribution >= 0.6 is 0 Å². The zero-order valence-electron chi connectivity index (χ0n) is 7.09. The molecule has 1 rings (SSSR count). The van der Waals surface area contributed by atoms with Gasteiger partial charge in [-0.05, 0) is 12.8 Å². The molecule has 2 N–H and O–H groups in total. The summed E-state index contributed by atoms with van der Waals surface area (Å²) in [7, 11) is 0. The van der Waals surface area contributed by atoms with Crippen LogP contribution in [0.3, 0.4) is 0 Å². The molecular weight excluding hydrogens is 182 g/mol. The van der Waals surface area contributed by atoms with Gasteiger partial charge in [0.1, 0.15) is 0 Å². The molecule has 0 unspecified atom stereocenters. The van der Waals surface area contributed by atoms with Crippen LogP contribution in [0.2, 0.25) is 0 Å². The summed E-state index contributed by atoms with van der Waals surface area (Å²) in [5, 5.41) is 17.6. The number of aliphatic hydroxyl groups is 1. The van der Waals surface area contributed by atoms with Crippen molar-refractivity contribution in [3.05, 3.63) is 0 Å². The fourth-order valence-electron chi connectivity index (χ4n) is 1.53. The maximum atomic E-state index is 12.7. The normalized spacial score (nSPS) is 25.5. The van der Waals surface area contributed by atoms with E-state index in [1.807, 2.05) is 0 Å². The first-order chi connectivity index (χ1) is 5.92. The summed E-state index contributed by atoms with van der Waals surface area (Å²) in [6.45, 7) is -0.557. The van der Waals surface area contributed by atoms with Gasteiger partial charge in [-0.2, -0.15) is 0 Å². The highest BCUT2D eigenvalue weighted by Gasteiger charge is 2.47. The molecule has 0 aromatic heterocycles.